The van der Waals surface area contributed by atoms with Crippen LogP contribution in [0.3, 0.4) is 0 Å². The Balaban J connectivity index is 1.56. The number of halogens is 1. The summed E-state index contributed by atoms with van der Waals surface area (Å²) in [5, 5.41) is 4.34. The Morgan fingerprint density at radius 2 is 1.64 bits per heavy atom. The molecule has 0 aromatic heterocycles. The minimum absolute atomic E-state index is 0.280. The number of hydrogen-bond acceptors (Lipinski definition) is 2. The lowest BCUT2D eigenvalue weighted by atomic mass is 10.0. The lowest BCUT2D eigenvalue weighted by Crippen LogP contribution is -2.42. The summed E-state index contributed by atoms with van der Waals surface area (Å²) in [5.74, 6) is 0.814. The van der Waals surface area contributed by atoms with Gasteiger partial charge in [0.1, 0.15) is 11.9 Å². The first-order valence-corrected chi connectivity index (χ1v) is 8.43. The Morgan fingerprint density at radius 3 is 2.36 bits per heavy atom. The van der Waals surface area contributed by atoms with Crippen molar-refractivity contribution in [2.45, 2.75) is 43.9 Å². The molecule has 2 heterocycles. The molecule has 0 saturated carbocycles. The van der Waals surface area contributed by atoms with Crippen molar-refractivity contribution in [3.8, 4) is 16.9 Å². The van der Waals surface area contributed by atoms with Crippen molar-refractivity contribution >= 4 is 11.6 Å². The molecule has 22 heavy (non-hydrogen) atoms. The molecule has 0 amide bonds. The highest BCUT2D eigenvalue weighted by Gasteiger charge is 2.34. The van der Waals surface area contributed by atoms with Gasteiger partial charge >= 0.3 is 0 Å². The van der Waals surface area contributed by atoms with Crippen LogP contribution in [-0.4, -0.2) is 18.2 Å². The molecule has 2 aromatic rings. The van der Waals surface area contributed by atoms with E-state index in [1.807, 2.05) is 12.1 Å². The normalized spacial score (nSPS) is 26.9. The lowest BCUT2D eigenvalue weighted by Gasteiger charge is -2.30. The van der Waals surface area contributed by atoms with Crippen molar-refractivity contribution in [1.29, 1.82) is 0 Å². The first-order chi connectivity index (χ1) is 10.8. The van der Waals surface area contributed by atoms with Crippen LogP contribution in [0.15, 0.2) is 48.5 Å². The second-order valence-corrected chi connectivity index (χ2v) is 6.77. The predicted octanol–water partition coefficient (Wildman–Crippen LogP) is 4.67. The lowest BCUT2D eigenvalue weighted by molar-refractivity contribution is 0.137. The highest BCUT2D eigenvalue weighted by Crippen LogP contribution is 2.35. The van der Waals surface area contributed by atoms with Gasteiger partial charge in [-0.15, -0.1) is 0 Å². The molecule has 2 aliphatic rings. The number of hydrogen-bond donors (Lipinski definition) is 1. The molecule has 1 N–H and O–H groups in total. The highest BCUT2D eigenvalue weighted by atomic mass is 35.5. The standard InChI is InChI=1S/C19H20ClNO/c20-18-9-6-14(13-4-2-1-3-5-13)10-19(18)22-17-11-15-7-8-16(12-17)21-15/h1-6,9-10,15-17,21H,7-8,11-12H2. The summed E-state index contributed by atoms with van der Waals surface area (Å²) in [6.07, 6.45) is 5.01. The van der Waals surface area contributed by atoms with Gasteiger partial charge in [-0.1, -0.05) is 48.0 Å². The largest absolute Gasteiger partial charge is 0.489 e. The van der Waals surface area contributed by atoms with Gasteiger partial charge in [0.25, 0.3) is 0 Å². The molecule has 2 nitrogen and oxygen atoms in total. The second kappa shape index (κ2) is 5.94. The summed E-state index contributed by atoms with van der Waals surface area (Å²) < 4.78 is 6.26. The van der Waals surface area contributed by atoms with Gasteiger partial charge in [0, 0.05) is 12.1 Å². The maximum atomic E-state index is 6.35. The van der Waals surface area contributed by atoms with Crippen LogP contribution in [-0.2, 0) is 0 Å². The Morgan fingerprint density at radius 1 is 0.909 bits per heavy atom. The molecule has 2 aliphatic heterocycles. The molecule has 114 valence electrons. The molecular weight excluding hydrogens is 294 g/mol. The van der Waals surface area contributed by atoms with E-state index in [2.05, 4.69) is 41.7 Å². The van der Waals surface area contributed by atoms with E-state index in [0.29, 0.717) is 17.1 Å². The minimum Gasteiger partial charge on any atom is -0.489 e. The van der Waals surface area contributed by atoms with Crippen LogP contribution >= 0.6 is 11.6 Å². The predicted molar refractivity (Wildman–Crippen MR) is 90.5 cm³/mol. The van der Waals surface area contributed by atoms with Crippen LogP contribution in [0.2, 0.25) is 5.02 Å². The smallest absolute Gasteiger partial charge is 0.138 e. The maximum absolute atomic E-state index is 6.35. The minimum atomic E-state index is 0.280. The summed E-state index contributed by atoms with van der Waals surface area (Å²) in [6.45, 7) is 0. The van der Waals surface area contributed by atoms with Gasteiger partial charge < -0.3 is 10.1 Å². The number of benzene rings is 2. The van der Waals surface area contributed by atoms with Crippen LogP contribution < -0.4 is 10.1 Å². The Bertz CT molecular complexity index is 646. The molecule has 2 bridgehead atoms. The van der Waals surface area contributed by atoms with E-state index in [1.54, 1.807) is 0 Å². The Kier molecular flexibility index (Phi) is 3.81. The van der Waals surface area contributed by atoms with E-state index in [4.69, 9.17) is 16.3 Å². The van der Waals surface area contributed by atoms with Crippen LogP contribution in [0.1, 0.15) is 25.7 Å². The Labute approximate surface area is 136 Å². The topological polar surface area (TPSA) is 21.3 Å². The number of rotatable bonds is 3. The number of piperidine rings is 1. The summed E-state index contributed by atoms with van der Waals surface area (Å²) >= 11 is 6.35. The fourth-order valence-electron chi connectivity index (χ4n) is 3.68. The van der Waals surface area contributed by atoms with Gasteiger partial charge in [0.15, 0.2) is 0 Å². The van der Waals surface area contributed by atoms with Gasteiger partial charge in [0.2, 0.25) is 0 Å². The summed E-state index contributed by atoms with van der Waals surface area (Å²) in [6, 6.07) is 17.7. The fourth-order valence-corrected chi connectivity index (χ4v) is 3.85. The van der Waals surface area contributed by atoms with Crippen molar-refractivity contribution in [1.82, 2.24) is 5.32 Å². The van der Waals surface area contributed by atoms with Gasteiger partial charge in [-0.3, -0.25) is 0 Å². The maximum Gasteiger partial charge on any atom is 0.138 e. The monoisotopic (exact) mass is 313 g/mol. The van der Waals surface area contributed by atoms with Crippen molar-refractivity contribution in [2.75, 3.05) is 0 Å². The molecule has 2 unspecified atom stereocenters. The first kappa shape index (κ1) is 14.1. The van der Waals surface area contributed by atoms with Crippen molar-refractivity contribution in [2.24, 2.45) is 0 Å². The van der Waals surface area contributed by atoms with Gasteiger partial charge in [-0.05, 0) is 48.9 Å². The van der Waals surface area contributed by atoms with Crippen molar-refractivity contribution < 1.29 is 4.74 Å². The van der Waals surface area contributed by atoms with Gasteiger partial charge in [0.05, 0.1) is 5.02 Å². The summed E-state index contributed by atoms with van der Waals surface area (Å²) in [4.78, 5) is 0. The zero-order chi connectivity index (χ0) is 14.9. The molecule has 3 heteroatoms. The second-order valence-electron chi connectivity index (χ2n) is 6.36. The van der Waals surface area contributed by atoms with E-state index in [0.717, 1.165) is 24.2 Å². The third-order valence-corrected chi connectivity index (χ3v) is 5.07. The third-order valence-electron chi connectivity index (χ3n) is 4.76. The van der Waals surface area contributed by atoms with Crippen LogP contribution in [0.5, 0.6) is 5.75 Å². The van der Waals surface area contributed by atoms with E-state index in [9.17, 15) is 0 Å². The quantitative estimate of drug-likeness (QED) is 0.889. The first-order valence-electron chi connectivity index (χ1n) is 8.05. The molecule has 4 rings (SSSR count). The van der Waals surface area contributed by atoms with E-state index < -0.39 is 0 Å². The van der Waals surface area contributed by atoms with E-state index in [1.165, 1.54) is 18.4 Å². The summed E-state index contributed by atoms with van der Waals surface area (Å²) in [7, 11) is 0. The van der Waals surface area contributed by atoms with Crippen LogP contribution in [0.25, 0.3) is 11.1 Å². The van der Waals surface area contributed by atoms with Crippen LogP contribution in [0, 0.1) is 0 Å². The number of ether oxygens (including phenoxy) is 1. The zero-order valence-electron chi connectivity index (χ0n) is 12.5. The average molecular weight is 314 g/mol. The highest BCUT2D eigenvalue weighted by molar-refractivity contribution is 6.32. The molecule has 0 spiro atoms. The molecule has 2 atom stereocenters. The van der Waals surface area contributed by atoms with Crippen LogP contribution in [0.4, 0.5) is 0 Å². The van der Waals surface area contributed by atoms with E-state index in [-0.39, 0.29) is 6.10 Å². The molecule has 0 radical (unpaired) electrons. The molecule has 0 aliphatic carbocycles. The molecule has 2 fully saturated rings. The van der Waals surface area contributed by atoms with Gasteiger partial charge in [-0.2, -0.15) is 0 Å². The molecule has 2 aromatic carbocycles. The Hall–Kier alpha value is -1.51. The average Bonchev–Trinajstić information content (AvgIpc) is 2.89. The zero-order valence-corrected chi connectivity index (χ0v) is 13.2. The SMILES string of the molecule is Clc1ccc(-c2ccccc2)cc1OC1CC2CCC(C1)N2. The summed E-state index contributed by atoms with van der Waals surface area (Å²) in [5.41, 5.74) is 2.34. The van der Waals surface area contributed by atoms with E-state index >= 15 is 0 Å². The number of fused-ring (bicyclic) bond motifs is 2. The van der Waals surface area contributed by atoms with Gasteiger partial charge in [-0.25, -0.2) is 0 Å². The van der Waals surface area contributed by atoms with Crippen molar-refractivity contribution in [3.05, 3.63) is 53.6 Å². The molecular formula is C19H20ClNO. The molecule has 2 saturated heterocycles. The third kappa shape index (κ3) is 2.86. The van der Waals surface area contributed by atoms with Crippen molar-refractivity contribution in [3.63, 3.8) is 0 Å². The number of nitrogens with one attached hydrogen (secondary N) is 1. The fraction of sp³-hybridized carbons (Fsp3) is 0.368.